The summed E-state index contributed by atoms with van der Waals surface area (Å²) in [5.41, 5.74) is 5.42. The van der Waals surface area contributed by atoms with E-state index in [2.05, 4.69) is 10.2 Å². The van der Waals surface area contributed by atoms with Crippen LogP contribution >= 0.6 is 0 Å². The molecule has 1 aromatic heterocycles. The number of carbonyl (C=O) groups is 1. The second-order valence-electron chi connectivity index (χ2n) is 2.25. The van der Waals surface area contributed by atoms with Crippen LogP contribution in [0.1, 0.15) is 12.1 Å². The summed E-state index contributed by atoms with van der Waals surface area (Å²) in [5, 5.41) is 4.98. The van der Waals surface area contributed by atoms with E-state index in [0.29, 0.717) is 12.1 Å². The van der Waals surface area contributed by atoms with E-state index in [1.54, 1.807) is 0 Å². The molecule has 11 heavy (non-hydrogen) atoms. The molecule has 0 unspecified atom stereocenters. The minimum absolute atomic E-state index is 0.190. The average Bonchev–Trinajstić information content (AvgIpc) is 2.31. The van der Waals surface area contributed by atoms with Gasteiger partial charge in [0.25, 0.3) is 5.56 Å². The van der Waals surface area contributed by atoms with Crippen molar-refractivity contribution in [2.45, 2.75) is 12.8 Å². The zero-order valence-electron chi connectivity index (χ0n) is 5.89. The number of carbonyl (C=O) groups excluding carboxylic acids is 1. The number of nitrogens with two attached hydrogens (primary N) is 1. The Morgan fingerprint density at radius 1 is 1.55 bits per heavy atom. The fourth-order valence-corrected chi connectivity index (χ4v) is 0.765. The summed E-state index contributed by atoms with van der Waals surface area (Å²) in [7, 11) is 0. The van der Waals surface area contributed by atoms with Gasteiger partial charge >= 0.3 is 0 Å². The largest absolute Gasteiger partial charge is 0.370 e. The number of aromatic nitrogens is 2. The molecule has 0 fully saturated rings. The van der Waals surface area contributed by atoms with Crippen LogP contribution in [-0.4, -0.2) is 16.1 Å². The quantitative estimate of drug-likeness (QED) is 0.529. The molecule has 1 rings (SSSR count). The van der Waals surface area contributed by atoms with E-state index in [0.717, 1.165) is 0 Å². The number of aromatic amines is 2. The van der Waals surface area contributed by atoms with Gasteiger partial charge in [0, 0.05) is 18.2 Å². The van der Waals surface area contributed by atoms with Crippen LogP contribution in [0.4, 0.5) is 0 Å². The van der Waals surface area contributed by atoms with Gasteiger partial charge in [-0.3, -0.25) is 14.7 Å². The van der Waals surface area contributed by atoms with Crippen molar-refractivity contribution >= 4 is 5.91 Å². The highest BCUT2D eigenvalue weighted by Gasteiger charge is 1.98. The van der Waals surface area contributed by atoms with Gasteiger partial charge in [-0.1, -0.05) is 0 Å². The summed E-state index contributed by atoms with van der Waals surface area (Å²) in [4.78, 5) is 20.8. The molecule has 0 aliphatic rings. The van der Waals surface area contributed by atoms with Crippen molar-refractivity contribution in [1.29, 1.82) is 0 Å². The van der Waals surface area contributed by atoms with Crippen molar-refractivity contribution in [2.24, 2.45) is 5.73 Å². The molecular weight excluding hydrogens is 146 g/mol. The molecule has 0 aliphatic heterocycles. The Morgan fingerprint density at radius 2 is 2.27 bits per heavy atom. The van der Waals surface area contributed by atoms with E-state index in [-0.39, 0.29) is 17.9 Å². The molecule has 0 bridgehead atoms. The summed E-state index contributed by atoms with van der Waals surface area (Å²) in [6, 6.07) is 1.41. The third kappa shape index (κ3) is 2.29. The number of nitrogens with one attached hydrogen (secondary N) is 2. The Labute approximate surface area is 62.6 Å². The van der Waals surface area contributed by atoms with Crippen molar-refractivity contribution in [3.05, 3.63) is 22.1 Å². The number of aryl methyl sites for hydroxylation is 1. The van der Waals surface area contributed by atoms with Crippen molar-refractivity contribution in [3.8, 4) is 0 Å². The van der Waals surface area contributed by atoms with E-state index < -0.39 is 0 Å². The molecule has 0 spiro atoms. The van der Waals surface area contributed by atoms with Crippen LogP contribution in [-0.2, 0) is 11.2 Å². The second kappa shape index (κ2) is 3.05. The standard InChI is InChI=1S/C6H9N3O2/c7-5(10)2-1-4-3-6(11)9-8-4/h3H,1-2H2,(H2,7,10)(H2,8,9,11). The lowest BCUT2D eigenvalue weighted by atomic mass is 10.2. The number of hydrogen-bond donors (Lipinski definition) is 3. The first kappa shape index (κ1) is 7.59. The van der Waals surface area contributed by atoms with E-state index in [9.17, 15) is 9.59 Å². The maximum absolute atomic E-state index is 10.5. The number of hydrogen-bond acceptors (Lipinski definition) is 2. The normalized spacial score (nSPS) is 9.82. The minimum atomic E-state index is -0.368. The highest BCUT2D eigenvalue weighted by Crippen LogP contribution is 1.92. The lowest BCUT2D eigenvalue weighted by molar-refractivity contribution is -0.118. The van der Waals surface area contributed by atoms with Gasteiger partial charge in [-0.2, -0.15) is 0 Å². The number of rotatable bonds is 3. The molecule has 4 N–H and O–H groups in total. The molecule has 1 aromatic rings. The number of primary amides is 1. The second-order valence-corrected chi connectivity index (χ2v) is 2.25. The third-order valence-corrected chi connectivity index (χ3v) is 1.29. The third-order valence-electron chi connectivity index (χ3n) is 1.29. The highest BCUT2D eigenvalue weighted by atomic mass is 16.1. The van der Waals surface area contributed by atoms with Gasteiger partial charge in [-0.15, -0.1) is 0 Å². The van der Waals surface area contributed by atoms with Crippen molar-refractivity contribution in [2.75, 3.05) is 0 Å². The Bertz CT molecular complexity index is 299. The molecule has 0 radical (unpaired) electrons. The number of amides is 1. The molecule has 0 aliphatic carbocycles. The van der Waals surface area contributed by atoms with E-state index in [1.165, 1.54) is 6.07 Å². The fourth-order valence-electron chi connectivity index (χ4n) is 0.765. The molecule has 60 valence electrons. The summed E-state index contributed by atoms with van der Waals surface area (Å²) in [5.74, 6) is -0.368. The van der Waals surface area contributed by atoms with Gasteiger partial charge in [0.15, 0.2) is 0 Å². The van der Waals surface area contributed by atoms with E-state index in [1.807, 2.05) is 0 Å². The number of H-pyrrole nitrogens is 2. The van der Waals surface area contributed by atoms with Crippen LogP contribution in [0.5, 0.6) is 0 Å². The molecule has 1 heterocycles. The van der Waals surface area contributed by atoms with Gasteiger partial charge < -0.3 is 10.8 Å². The predicted molar refractivity (Wildman–Crippen MR) is 38.9 cm³/mol. The minimum Gasteiger partial charge on any atom is -0.370 e. The van der Waals surface area contributed by atoms with Crippen molar-refractivity contribution < 1.29 is 4.79 Å². The molecular formula is C6H9N3O2. The first-order valence-corrected chi connectivity index (χ1v) is 3.23. The van der Waals surface area contributed by atoms with Crippen molar-refractivity contribution in [3.63, 3.8) is 0 Å². The van der Waals surface area contributed by atoms with Crippen LogP contribution in [0.25, 0.3) is 0 Å². The monoisotopic (exact) mass is 155 g/mol. The molecule has 0 atom stereocenters. The molecule has 5 heteroatoms. The van der Waals surface area contributed by atoms with E-state index >= 15 is 0 Å². The zero-order chi connectivity index (χ0) is 8.27. The van der Waals surface area contributed by atoms with Crippen LogP contribution in [0.3, 0.4) is 0 Å². The lowest BCUT2D eigenvalue weighted by Crippen LogP contribution is -2.11. The highest BCUT2D eigenvalue weighted by molar-refractivity contribution is 5.73. The van der Waals surface area contributed by atoms with Gasteiger partial charge in [0.1, 0.15) is 0 Å². The van der Waals surface area contributed by atoms with Gasteiger partial charge in [-0.05, 0) is 6.42 Å². The smallest absolute Gasteiger partial charge is 0.264 e. The molecule has 1 amide bonds. The predicted octanol–water partition coefficient (Wildman–Crippen LogP) is -0.879. The van der Waals surface area contributed by atoms with Gasteiger partial charge in [0.2, 0.25) is 5.91 Å². The maximum Gasteiger partial charge on any atom is 0.264 e. The molecule has 5 nitrogen and oxygen atoms in total. The van der Waals surface area contributed by atoms with Gasteiger partial charge in [-0.25, -0.2) is 0 Å². The van der Waals surface area contributed by atoms with Crippen LogP contribution in [0.2, 0.25) is 0 Å². The molecule has 0 saturated carbocycles. The average molecular weight is 155 g/mol. The van der Waals surface area contributed by atoms with Crippen LogP contribution in [0, 0.1) is 0 Å². The summed E-state index contributed by atoms with van der Waals surface area (Å²) >= 11 is 0. The summed E-state index contributed by atoms with van der Waals surface area (Å²) < 4.78 is 0. The Balaban J connectivity index is 2.51. The Hall–Kier alpha value is -1.52. The van der Waals surface area contributed by atoms with Crippen LogP contribution < -0.4 is 11.3 Å². The maximum atomic E-state index is 10.5. The zero-order valence-corrected chi connectivity index (χ0v) is 5.89. The topological polar surface area (TPSA) is 91.7 Å². The fraction of sp³-hybridized carbons (Fsp3) is 0.333. The summed E-state index contributed by atoms with van der Waals surface area (Å²) in [6.45, 7) is 0. The molecule has 0 saturated heterocycles. The van der Waals surface area contributed by atoms with Crippen molar-refractivity contribution in [1.82, 2.24) is 10.2 Å². The van der Waals surface area contributed by atoms with Gasteiger partial charge in [0.05, 0.1) is 0 Å². The SMILES string of the molecule is NC(=O)CCc1cc(=O)[nH][nH]1. The van der Waals surface area contributed by atoms with E-state index in [4.69, 9.17) is 5.73 Å². The first-order valence-electron chi connectivity index (χ1n) is 3.23. The Morgan fingerprint density at radius 3 is 2.73 bits per heavy atom. The molecule has 0 aromatic carbocycles. The first-order chi connectivity index (χ1) is 5.18. The Kier molecular flexibility index (Phi) is 2.10. The lowest BCUT2D eigenvalue weighted by Gasteiger charge is -1.90. The summed E-state index contributed by atoms with van der Waals surface area (Å²) in [6.07, 6.45) is 0.738. The van der Waals surface area contributed by atoms with Crippen LogP contribution in [0.15, 0.2) is 10.9 Å².